The number of methoxy groups -OCH3 is 1. The van der Waals surface area contributed by atoms with Gasteiger partial charge in [0.1, 0.15) is 11.6 Å². The molecule has 2 rings (SSSR count). The maximum atomic E-state index is 13.2. The Kier molecular flexibility index (Phi) is 5.29. The SMILES string of the molecule is COc1ccc(Cl)cc1CN(C)S(=O)(=O)c1ccc(F)cc1C. The van der Waals surface area contributed by atoms with Gasteiger partial charge in [-0.15, -0.1) is 0 Å². The molecule has 0 aliphatic rings. The number of ether oxygens (including phenoxy) is 1. The molecule has 0 aromatic heterocycles. The quantitative estimate of drug-likeness (QED) is 0.821. The van der Waals surface area contributed by atoms with E-state index in [0.29, 0.717) is 21.9 Å². The summed E-state index contributed by atoms with van der Waals surface area (Å²) >= 11 is 5.97. The van der Waals surface area contributed by atoms with Gasteiger partial charge < -0.3 is 4.74 Å². The summed E-state index contributed by atoms with van der Waals surface area (Å²) in [5, 5.41) is 0.490. The van der Waals surface area contributed by atoms with Crippen LogP contribution >= 0.6 is 11.6 Å². The Bertz CT molecular complexity index is 824. The van der Waals surface area contributed by atoms with Crippen LogP contribution < -0.4 is 4.74 Å². The Balaban J connectivity index is 2.36. The number of benzene rings is 2. The average molecular weight is 358 g/mol. The predicted octanol–water partition coefficient (Wildman–Crippen LogP) is 3.62. The Morgan fingerprint density at radius 2 is 1.91 bits per heavy atom. The molecule has 4 nitrogen and oxygen atoms in total. The minimum atomic E-state index is -3.75. The molecule has 0 spiro atoms. The van der Waals surface area contributed by atoms with Gasteiger partial charge >= 0.3 is 0 Å². The maximum Gasteiger partial charge on any atom is 0.243 e. The van der Waals surface area contributed by atoms with E-state index in [1.807, 2.05) is 0 Å². The zero-order valence-corrected chi connectivity index (χ0v) is 14.6. The predicted molar refractivity (Wildman–Crippen MR) is 87.8 cm³/mol. The highest BCUT2D eigenvalue weighted by molar-refractivity contribution is 7.89. The summed E-state index contributed by atoms with van der Waals surface area (Å²) in [6, 6.07) is 8.60. The fourth-order valence-corrected chi connectivity index (χ4v) is 3.81. The van der Waals surface area contributed by atoms with Crippen LogP contribution in [0.1, 0.15) is 11.1 Å². The smallest absolute Gasteiger partial charge is 0.243 e. The van der Waals surface area contributed by atoms with Gasteiger partial charge in [-0.1, -0.05) is 11.6 Å². The van der Waals surface area contributed by atoms with E-state index in [1.54, 1.807) is 25.1 Å². The molecule has 0 heterocycles. The lowest BCUT2D eigenvalue weighted by Crippen LogP contribution is -2.27. The molecule has 0 atom stereocenters. The van der Waals surface area contributed by atoms with Gasteiger partial charge in [-0.05, 0) is 48.9 Å². The molecule has 124 valence electrons. The van der Waals surface area contributed by atoms with Crippen molar-refractivity contribution in [2.75, 3.05) is 14.2 Å². The fraction of sp³-hybridized carbons (Fsp3) is 0.250. The molecule has 0 fully saturated rings. The van der Waals surface area contributed by atoms with Crippen molar-refractivity contribution in [1.82, 2.24) is 4.31 Å². The molecule has 0 N–H and O–H groups in total. The van der Waals surface area contributed by atoms with Gasteiger partial charge in [0.15, 0.2) is 0 Å². The van der Waals surface area contributed by atoms with Crippen LogP contribution in [-0.2, 0) is 16.6 Å². The molecule has 0 bridgehead atoms. The van der Waals surface area contributed by atoms with Gasteiger partial charge in [-0.25, -0.2) is 12.8 Å². The second kappa shape index (κ2) is 6.86. The number of rotatable bonds is 5. The first-order valence-electron chi connectivity index (χ1n) is 6.80. The molecule has 2 aromatic rings. The molecular weight excluding hydrogens is 341 g/mol. The Morgan fingerprint density at radius 3 is 2.52 bits per heavy atom. The largest absolute Gasteiger partial charge is 0.496 e. The van der Waals surface area contributed by atoms with Gasteiger partial charge in [0.05, 0.1) is 12.0 Å². The van der Waals surface area contributed by atoms with Gasteiger partial charge in [0.25, 0.3) is 0 Å². The van der Waals surface area contributed by atoms with Crippen molar-refractivity contribution in [3.05, 3.63) is 58.4 Å². The van der Waals surface area contributed by atoms with Crippen LogP contribution in [-0.4, -0.2) is 26.9 Å². The Labute approximate surface area is 140 Å². The highest BCUT2D eigenvalue weighted by atomic mass is 35.5. The van der Waals surface area contributed by atoms with Crippen LogP contribution in [0.2, 0.25) is 5.02 Å². The first kappa shape index (κ1) is 17.7. The average Bonchev–Trinajstić information content (AvgIpc) is 2.47. The van der Waals surface area contributed by atoms with E-state index in [0.717, 1.165) is 6.07 Å². The second-order valence-corrected chi connectivity index (χ2v) is 7.58. The number of hydrogen-bond donors (Lipinski definition) is 0. The summed E-state index contributed by atoms with van der Waals surface area (Å²) in [4.78, 5) is 0.0717. The number of halogens is 2. The van der Waals surface area contributed by atoms with Crippen LogP contribution in [0.4, 0.5) is 4.39 Å². The molecule has 0 saturated heterocycles. The Morgan fingerprint density at radius 1 is 1.22 bits per heavy atom. The third kappa shape index (κ3) is 3.83. The van der Waals surface area contributed by atoms with Crippen molar-refractivity contribution in [2.24, 2.45) is 0 Å². The van der Waals surface area contributed by atoms with Crippen LogP contribution in [0.25, 0.3) is 0 Å². The van der Waals surface area contributed by atoms with Gasteiger partial charge in [0.2, 0.25) is 10.0 Å². The van der Waals surface area contributed by atoms with E-state index in [-0.39, 0.29) is 11.4 Å². The van der Waals surface area contributed by atoms with Crippen molar-refractivity contribution >= 4 is 21.6 Å². The molecule has 0 amide bonds. The van der Waals surface area contributed by atoms with Crippen LogP contribution in [0.3, 0.4) is 0 Å². The topological polar surface area (TPSA) is 46.6 Å². The standard InChI is InChI=1S/C16H17ClFNO3S/c1-11-8-14(18)5-7-16(11)23(20,21)19(2)10-12-9-13(17)4-6-15(12)22-3/h4-9H,10H2,1-3H3. The van der Waals surface area contributed by atoms with Crippen LogP contribution in [0, 0.1) is 12.7 Å². The van der Waals surface area contributed by atoms with E-state index in [2.05, 4.69) is 0 Å². The molecule has 0 unspecified atom stereocenters. The zero-order valence-electron chi connectivity index (χ0n) is 13.0. The molecule has 0 radical (unpaired) electrons. The first-order valence-corrected chi connectivity index (χ1v) is 8.62. The Hall–Kier alpha value is -1.63. The first-order chi connectivity index (χ1) is 10.8. The van der Waals surface area contributed by atoms with Crippen LogP contribution in [0.5, 0.6) is 5.75 Å². The highest BCUT2D eigenvalue weighted by Gasteiger charge is 2.24. The third-order valence-corrected chi connectivity index (χ3v) is 5.66. The number of hydrogen-bond acceptors (Lipinski definition) is 3. The fourth-order valence-electron chi connectivity index (χ4n) is 2.27. The summed E-state index contributed by atoms with van der Waals surface area (Å²) in [6.45, 7) is 1.65. The minimum Gasteiger partial charge on any atom is -0.496 e. The lowest BCUT2D eigenvalue weighted by Gasteiger charge is -2.20. The summed E-state index contributed by atoms with van der Waals surface area (Å²) < 4.78 is 45.0. The molecule has 0 saturated carbocycles. The molecule has 0 aliphatic carbocycles. The summed E-state index contributed by atoms with van der Waals surface area (Å²) in [7, 11) is -0.792. The third-order valence-electron chi connectivity index (χ3n) is 3.46. The van der Waals surface area contributed by atoms with E-state index in [9.17, 15) is 12.8 Å². The van der Waals surface area contributed by atoms with Crippen molar-refractivity contribution < 1.29 is 17.5 Å². The maximum absolute atomic E-state index is 13.2. The lowest BCUT2D eigenvalue weighted by molar-refractivity contribution is 0.398. The number of nitrogens with zero attached hydrogens (tertiary/aromatic N) is 1. The van der Waals surface area contributed by atoms with Crippen molar-refractivity contribution in [1.29, 1.82) is 0 Å². The molecule has 0 aliphatic heterocycles. The number of sulfonamides is 1. The summed E-state index contributed by atoms with van der Waals surface area (Å²) in [6.07, 6.45) is 0. The molecule has 7 heteroatoms. The number of aryl methyl sites for hydroxylation is 1. The molecule has 2 aromatic carbocycles. The van der Waals surface area contributed by atoms with E-state index >= 15 is 0 Å². The molecular formula is C16H17ClFNO3S. The highest BCUT2D eigenvalue weighted by Crippen LogP contribution is 2.27. The lowest BCUT2D eigenvalue weighted by atomic mass is 10.2. The normalized spacial score (nSPS) is 11.7. The van der Waals surface area contributed by atoms with Gasteiger partial charge in [0, 0.05) is 24.2 Å². The van der Waals surface area contributed by atoms with Crippen molar-refractivity contribution in [3.8, 4) is 5.75 Å². The summed E-state index contributed by atoms with van der Waals surface area (Å²) in [5.41, 5.74) is 1.00. The van der Waals surface area contributed by atoms with Crippen molar-refractivity contribution in [3.63, 3.8) is 0 Å². The van der Waals surface area contributed by atoms with Gasteiger partial charge in [-0.3, -0.25) is 0 Å². The zero-order chi connectivity index (χ0) is 17.2. The second-order valence-electron chi connectivity index (χ2n) is 5.13. The van der Waals surface area contributed by atoms with Crippen LogP contribution in [0.15, 0.2) is 41.3 Å². The van der Waals surface area contributed by atoms with Crippen molar-refractivity contribution in [2.45, 2.75) is 18.4 Å². The van der Waals surface area contributed by atoms with Gasteiger partial charge in [-0.2, -0.15) is 4.31 Å². The molecule has 23 heavy (non-hydrogen) atoms. The monoisotopic (exact) mass is 357 g/mol. The van der Waals surface area contributed by atoms with E-state index in [4.69, 9.17) is 16.3 Å². The van der Waals surface area contributed by atoms with E-state index in [1.165, 1.54) is 30.6 Å². The van der Waals surface area contributed by atoms with E-state index < -0.39 is 15.8 Å². The summed E-state index contributed by atoms with van der Waals surface area (Å²) in [5.74, 6) is 0.0768. The minimum absolute atomic E-state index is 0.0717.